The first-order valence-corrected chi connectivity index (χ1v) is 8.62. The summed E-state index contributed by atoms with van der Waals surface area (Å²) in [6.45, 7) is 5.89. The summed E-state index contributed by atoms with van der Waals surface area (Å²) in [7, 11) is 0. The van der Waals surface area contributed by atoms with Crippen LogP contribution in [0.15, 0.2) is 34.9 Å². The van der Waals surface area contributed by atoms with E-state index < -0.39 is 0 Å². The van der Waals surface area contributed by atoms with Gasteiger partial charge in [-0.1, -0.05) is 35.5 Å². The Hall–Kier alpha value is -2.30. The Balaban J connectivity index is 1.45. The number of urea groups is 1. The molecule has 2 aromatic rings. The summed E-state index contributed by atoms with van der Waals surface area (Å²) >= 11 is 0. The number of amides is 2. The van der Waals surface area contributed by atoms with E-state index in [1.54, 1.807) is 0 Å². The third kappa shape index (κ3) is 3.96. The van der Waals surface area contributed by atoms with Gasteiger partial charge in [0, 0.05) is 25.2 Å². The van der Waals surface area contributed by atoms with Crippen LogP contribution in [0.1, 0.15) is 35.4 Å². The van der Waals surface area contributed by atoms with Gasteiger partial charge in [0.25, 0.3) is 0 Å². The van der Waals surface area contributed by atoms with Crippen LogP contribution < -0.4 is 5.32 Å². The molecule has 2 heterocycles. The normalized spacial score (nSPS) is 15.5. The van der Waals surface area contributed by atoms with E-state index in [0.29, 0.717) is 12.5 Å². The van der Waals surface area contributed by atoms with Crippen LogP contribution in [-0.4, -0.2) is 29.2 Å². The molecule has 1 aliphatic heterocycles. The summed E-state index contributed by atoms with van der Waals surface area (Å²) < 4.78 is 5.13. The molecule has 1 fully saturated rings. The van der Waals surface area contributed by atoms with Gasteiger partial charge in [-0.2, -0.15) is 0 Å². The Morgan fingerprint density at radius 1 is 1.25 bits per heavy atom. The van der Waals surface area contributed by atoms with E-state index in [0.717, 1.165) is 49.4 Å². The van der Waals surface area contributed by atoms with Crippen molar-refractivity contribution in [3.63, 3.8) is 0 Å². The van der Waals surface area contributed by atoms with Gasteiger partial charge in [-0.05, 0) is 44.6 Å². The van der Waals surface area contributed by atoms with E-state index in [2.05, 4.69) is 40.8 Å². The first-order valence-electron chi connectivity index (χ1n) is 8.62. The SMILES string of the molecule is Cc1noc(C)c1CNC(=O)N1CCC(Cc2ccccc2)CC1. The summed E-state index contributed by atoms with van der Waals surface area (Å²) in [5.74, 6) is 1.44. The maximum Gasteiger partial charge on any atom is 0.317 e. The standard InChI is InChI=1S/C19H25N3O2/c1-14-18(15(2)24-21-14)13-20-19(23)22-10-8-17(9-11-22)12-16-6-4-3-5-7-16/h3-7,17H,8-13H2,1-2H3,(H,20,23). The van der Waals surface area contributed by atoms with Gasteiger partial charge >= 0.3 is 6.03 Å². The molecule has 5 nitrogen and oxygen atoms in total. The average molecular weight is 327 g/mol. The summed E-state index contributed by atoms with van der Waals surface area (Å²) in [5.41, 5.74) is 3.20. The highest BCUT2D eigenvalue weighted by Crippen LogP contribution is 2.21. The van der Waals surface area contributed by atoms with Crippen LogP contribution in [0.3, 0.4) is 0 Å². The first-order chi connectivity index (χ1) is 11.6. The molecule has 0 bridgehead atoms. The molecule has 3 rings (SSSR count). The quantitative estimate of drug-likeness (QED) is 0.935. The summed E-state index contributed by atoms with van der Waals surface area (Å²) in [5, 5.41) is 6.90. The minimum Gasteiger partial charge on any atom is -0.361 e. The number of hydrogen-bond acceptors (Lipinski definition) is 3. The molecule has 1 aromatic carbocycles. The van der Waals surface area contributed by atoms with Crippen LogP contribution in [0, 0.1) is 19.8 Å². The molecule has 5 heteroatoms. The zero-order valence-corrected chi connectivity index (χ0v) is 14.4. The number of aryl methyl sites for hydroxylation is 2. The van der Waals surface area contributed by atoms with Gasteiger partial charge in [-0.3, -0.25) is 0 Å². The van der Waals surface area contributed by atoms with Crippen molar-refractivity contribution >= 4 is 6.03 Å². The third-order valence-electron chi connectivity index (χ3n) is 4.87. The maximum atomic E-state index is 12.3. The van der Waals surface area contributed by atoms with E-state index >= 15 is 0 Å². The van der Waals surface area contributed by atoms with Crippen molar-refractivity contribution in [1.82, 2.24) is 15.4 Å². The lowest BCUT2D eigenvalue weighted by Crippen LogP contribution is -2.44. The topological polar surface area (TPSA) is 58.4 Å². The molecular weight excluding hydrogens is 302 g/mol. The molecule has 1 aliphatic rings. The summed E-state index contributed by atoms with van der Waals surface area (Å²) in [6.07, 6.45) is 3.23. The van der Waals surface area contributed by atoms with Crippen LogP contribution in [-0.2, 0) is 13.0 Å². The molecule has 0 radical (unpaired) electrons. The van der Waals surface area contributed by atoms with Gasteiger partial charge < -0.3 is 14.7 Å². The molecule has 1 N–H and O–H groups in total. The van der Waals surface area contributed by atoms with Gasteiger partial charge in [-0.15, -0.1) is 0 Å². The molecule has 0 saturated carbocycles. The van der Waals surface area contributed by atoms with Crippen LogP contribution in [0.2, 0.25) is 0 Å². The lowest BCUT2D eigenvalue weighted by molar-refractivity contribution is 0.170. The molecule has 24 heavy (non-hydrogen) atoms. The van der Waals surface area contributed by atoms with Crippen molar-refractivity contribution < 1.29 is 9.32 Å². The summed E-state index contributed by atoms with van der Waals surface area (Å²) in [4.78, 5) is 14.3. The number of carbonyl (C=O) groups excluding carboxylic acids is 1. The highest BCUT2D eigenvalue weighted by molar-refractivity contribution is 5.74. The van der Waals surface area contributed by atoms with Crippen molar-refractivity contribution in [3.05, 3.63) is 52.9 Å². The van der Waals surface area contributed by atoms with Gasteiger partial charge in [0.1, 0.15) is 5.76 Å². The average Bonchev–Trinajstić information content (AvgIpc) is 2.92. The van der Waals surface area contributed by atoms with E-state index in [4.69, 9.17) is 4.52 Å². The van der Waals surface area contributed by atoms with E-state index in [1.165, 1.54) is 5.56 Å². The predicted molar refractivity (Wildman–Crippen MR) is 92.7 cm³/mol. The first kappa shape index (κ1) is 16.6. The molecule has 0 unspecified atom stereocenters. The molecule has 128 valence electrons. The van der Waals surface area contributed by atoms with Gasteiger partial charge in [0.05, 0.1) is 5.69 Å². The number of likely N-dealkylation sites (tertiary alicyclic amines) is 1. The Kier molecular flexibility index (Phi) is 5.18. The minimum atomic E-state index is 0.00756. The van der Waals surface area contributed by atoms with Crippen LogP contribution >= 0.6 is 0 Å². The number of carbonyl (C=O) groups is 1. The lowest BCUT2D eigenvalue weighted by Gasteiger charge is -2.32. The van der Waals surface area contributed by atoms with Crippen molar-refractivity contribution in [2.45, 2.75) is 39.7 Å². The third-order valence-corrected chi connectivity index (χ3v) is 4.87. The predicted octanol–water partition coefficient (Wildman–Crippen LogP) is 3.46. The molecule has 1 aromatic heterocycles. The zero-order chi connectivity index (χ0) is 16.9. The van der Waals surface area contributed by atoms with Gasteiger partial charge in [0.2, 0.25) is 0 Å². The van der Waals surface area contributed by atoms with E-state index in [1.807, 2.05) is 18.7 Å². The summed E-state index contributed by atoms with van der Waals surface area (Å²) in [6, 6.07) is 10.6. The Bertz CT molecular complexity index is 654. The number of nitrogens with zero attached hydrogens (tertiary/aromatic N) is 2. The van der Waals surface area contributed by atoms with Crippen LogP contribution in [0.25, 0.3) is 0 Å². The molecule has 2 amide bonds. The number of rotatable bonds is 4. The van der Waals surface area contributed by atoms with Crippen molar-refractivity contribution in [3.8, 4) is 0 Å². The highest BCUT2D eigenvalue weighted by atomic mass is 16.5. The molecule has 0 aliphatic carbocycles. The second-order valence-corrected chi connectivity index (χ2v) is 6.58. The van der Waals surface area contributed by atoms with Crippen molar-refractivity contribution in [1.29, 1.82) is 0 Å². The highest BCUT2D eigenvalue weighted by Gasteiger charge is 2.23. The Morgan fingerprint density at radius 3 is 2.58 bits per heavy atom. The fourth-order valence-electron chi connectivity index (χ4n) is 3.32. The number of nitrogens with one attached hydrogen (secondary N) is 1. The van der Waals surface area contributed by atoms with Crippen LogP contribution in [0.5, 0.6) is 0 Å². The van der Waals surface area contributed by atoms with Gasteiger partial charge in [-0.25, -0.2) is 4.79 Å². The number of hydrogen-bond donors (Lipinski definition) is 1. The Labute approximate surface area is 143 Å². The fourth-order valence-corrected chi connectivity index (χ4v) is 3.32. The molecule has 0 spiro atoms. The lowest BCUT2D eigenvalue weighted by atomic mass is 9.90. The monoisotopic (exact) mass is 327 g/mol. The maximum absolute atomic E-state index is 12.3. The number of benzene rings is 1. The number of piperidine rings is 1. The second-order valence-electron chi connectivity index (χ2n) is 6.58. The number of aromatic nitrogens is 1. The fraction of sp³-hybridized carbons (Fsp3) is 0.474. The zero-order valence-electron chi connectivity index (χ0n) is 14.4. The molecule has 1 saturated heterocycles. The van der Waals surface area contributed by atoms with Crippen LogP contribution in [0.4, 0.5) is 4.79 Å². The van der Waals surface area contributed by atoms with E-state index in [-0.39, 0.29) is 6.03 Å². The smallest absolute Gasteiger partial charge is 0.317 e. The van der Waals surface area contributed by atoms with Crippen molar-refractivity contribution in [2.24, 2.45) is 5.92 Å². The second kappa shape index (κ2) is 7.51. The largest absolute Gasteiger partial charge is 0.361 e. The molecule has 0 atom stereocenters. The molecular formula is C19H25N3O2. The Morgan fingerprint density at radius 2 is 1.96 bits per heavy atom. The van der Waals surface area contributed by atoms with Crippen molar-refractivity contribution in [2.75, 3.05) is 13.1 Å². The van der Waals surface area contributed by atoms with E-state index in [9.17, 15) is 4.79 Å². The van der Waals surface area contributed by atoms with Gasteiger partial charge in [0.15, 0.2) is 0 Å². The minimum absolute atomic E-state index is 0.00756.